The number of hydrogen-bond donors (Lipinski definition) is 1. The zero-order chi connectivity index (χ0) is 8.65. The molecule has 0 aromatic carbocycles. The standard InChI is InChI=1S/C7H10F2N2/c1-7(2,3)4-5(8)11-6(9)10-4/h1-3H3,(H,10,11). The van der Waals surface area contributed by atoms with Crippen LogP contribution in [0.3, 0.4) is 0 Å². The maximum atomic E-state index is 12.7. The monoisotopic (exact) mass is 160 g/mol. The van der Waals surface area contributed by atoms with Gasteiger partial charge in [-0.2, -0.15) is 8.78 Å². The fourth-order valence-electron chi connectivity index (χ4n) is 0.822. The molecule has 0 aliphatic rings. The smallest absolute Gasteiger partial charge is 0.289 e. The van der Waals surface area contributed by atoms with Gasteiger partial charge < -0.3 is 0 Å². The number of aromatic nitrogens is 2. The van der Waals surface area contributed by atoms with Crippen LogP contribution in [0.4, 0.5) is 8.78 Å². The summed E-state index contributed by atoms with van der Waals surface area (Å²) in [7, 11) is 0. The molecule has 0 fully saturated rings. The van der Waals surface area contributed by atoms with Crippen LogP contribution in [0.2, 0.25) is 0 Å². The molecule has 2 nitrogen and oxygen atoms in total. The second kappa shape index (κ2) is 2.29. The molecule has 62 valence electrons. The van der Waals surface area contributed by atoms with Gasteiger partial charge in [0.25, 0.3) is 6.08 Å². The van der Waals surface area contributed by atoms with Crippen molar-refractivity contribution in [2.24, 2.45) is 0 Å². The first-order valence-electron chi connectivity index (χ1n) is 3.33. The Labute approximate surface area is 63.7 Å². The lowest BCUT2D eigenvalue weighted by Gasteiger charge is -2.13. The molecule has 1 N–H and O–H groups in total. The van der Waals surface area contributed by atoms with E-state index in [1.807, 2.05) is 4.98 Å². The van der Waals surface area contributed by atoms with E-state index >= 15 is 0 Å². The Bertz CT molecular complexity index is 260. The third-order valence-electron chi connectivity index (χ3n) is 1.34. The van der Waals surface area contributed by atoms with E-state index in [0.29, 0.717) is 0 Å². The van der Waals surface area contributed by atoms with Crippen LogP contribution in [0, 0.1) is 12.0 Å². The van der Waals surface area contributed by atoms with Crippen molar-refractivity contribution in [1.29, 1.82) is 0 Å². The van der Waals surface area contributed by atoms with Gasteiger partial charge in [-0.15, -0.1) is 0 Å². The maximum Gasteiger partial charge on any atom is 0.289 e. The number of hydrogen-bond acceptors (Lipinski definition) is 1. The summed E-state index contributed by atoms with van der Waals surface area (Å²) in [5.74, 6) is -0.685. The Morgan fingerprint density at radius 1 is 1.27 bits per heavy atom. The SMILES string of the molecule is CC(C)(C)c1nc(F)[nH]c1F. The van der Waals surface area contributed by atoms with E-state index in [4.69, 9.17) is 0 Å². The largest absolute Gasteiger partial charge is 0.291 e. The topological polar surface area (TPSA) is 28.7 Å². The molecule has 4 heteroatoms. The molecule has 1 aromatic heterocycles. The van der Waals surface area contributed by atoms with E-state index < -0.39 is 17.4 Å². The predicted octanol–water partition coefficient (Wildman–Crippen LogP) is 1.99. The third kappa shape index (κ3) is 1.56. The molecule has 1 rings (SSSR count). The van der Waals surface area contributed by atoms with Gasteiger partial charge in [-0.05, 0) is 0 Å². The molecule has 0 saturated heterocycles. The quantitative estimate of drug-likeness (QED) is 0.617. The molecule has 11 heavy (non-hydrogen) atoms. The molecule has 0 atom stereocenters. The number of rotatable bonds is 0. The summed E-state index contributed by atoms with van der Waals surface area (Å²) in [6, 6.07) is 0. The maximum absolute atomic E-state index is 12.7. The molecule has 0 unspecified atom stereocenters. The van der Waals surface area contributed by atoms with Crippen molar-refractivity contribution in [3.8, 4) is 0 Å². The van der Waals surface area contributed by atoms with Crippen molar-refractivity contribution in [1.82, 2.24) is 9.97 Å². The summed E-state index contributed by atoms with van der Waals surface area (Å²) in [5.41, 5.74) is -0.319. The van der Waals surface area contributed by atoms with Crippen molar-refractivity contribution in [3.05, 3.63) is 17.7 Å². The first-order valence-corrected chi connectivity index (χ1v) is 3.33. The lowest BCUT2D eigenvalue weighted by atomic mass is 9.93. The summed E-state index contributed by atoms with van der Waals surface area (Å²) in [4.78, 5) is 5.25. The van der Waals surface area contributed by atoms with Gasteiger partial charge in [0, 0.05) is 5.41 Å². The van der Waals surface area contributed by atoms with E-state index in [2.05, 4.69) is 4.98 Å². The summed E-state index contributed by atoms with van der Waals surface area (Å²) in [6.07, 6.45) is -0.868. The zero-order valence-electron chi connectivity index (χ0n) is 6.70. The van der Waals surface area contributed by atoms with Gasteiger partial charge in [0.1, 0.15) is 5.69 Å². The molecule has 0 spiro atoms. The van der Waals surface area contributed by atoms with E-state index in [0.717, 1.165) is 0 Å². The van der Waals surface area contributed by atoms with Crippen molar-refractivity contribution < 1.29 is 8.78 Å². The van der Waals surface area contributed by atoms with Gasteiger partial charge >= 0.3 is 0 Å². The van der Waals surface area contributed by atoms with Gasteiger partial charge in [0.15, 0.2) is 0 Å². The van der Waals surface area contributed by atoms with Crippen molar-refractivity contribution >= 4 is 0 Å². The van der Waals surface area contributed by atoms with Crippen LogP contribution in [0.5, 0.6) is 0 Å². The zero-order valence-corrected chi connectivity index (χ0v) is 6.70. The fraction of sp³-hybridized carbons (Fsp3) is 0.571. The van der Waals surface area contributed by atoms with Gasteiger partial charge in [-0.1, -0.05) is 20.8 Å². The molecule has 0 aliphatic carbocycles. The predicted molar refractivity (Wildman–Crippen MR) is 37.2 cm³/mol. The number of nitrogens with zero attached hydrogens (tertiary/aromatic N) is 1. The number of nitrogens with one attached hydrogen (secondary N) is 1. The Balaban J connectivity index is 3.13. The van der Waals surface area contributed by atoms with Crippen LogP contribution >= 0.6 is 0 Å². The Hall–Kier alpha value is -0.930. The fourth-order valence-corrected chi connectivity index (χ4v) is 0.822. The highest BCUT2D eigenvalue weighted by Crippen LogP contribution is 2.22. The van der Waals surface area contributed by atoms with Gasteiger partial charge in [-0.3, -0.25) is 4.98 Å². The molecule has 0 bridgehead atoms. The summed E-state index contributed by atoms with van der Waals surface area (Å²) < 4.78 is 25.1. The number of halogens is 2. The number of imidazole rings is 1. The van der Waals surface area contributed by atoms with Crippen LogP contribution in [0.15, 0.2) is 0 Å². The van der Waals surface area contributed by atoms with Crippen LogP contribution < -0.4 is 0 Å². The third-order valence-corrected chi connectivity index (χ3v) is 1.34. The van der Waals surface area contributed by atoms with Crippen molar-refractivity contribution in [3.63, 3.8) is 0 Å². The minimum Gasteiger partial charge on any atom is -0.291 e. The molecule has 1 aromatic rings. The lowest BCUT2D eigenvalue weighted by molar-refractivity contribution is 0.497. The molecular formula is C7H10F2N2. The average molecular weight is 160 g/mol. The van der Waals surface area contributed by atoms with Crippen LogP contribution in [0.25, 0.3) is 0 Å². The normalized spacial score (nSPS) is 12.1. The second-order valence-corrected chi connectivity index (χ2v) is 3.44. The van der Waals surface area contributed by atoms with Gasteiger partial charge in [0.05, 0.1) is 0 Å². The van der Waals surface area contributed by atoms with E-state index in [9.17, 15) is 8.78 Å². The Morgan fingerprint density at radius 2 is 1.82 bits per heavy atom. The van der Waals surface area contributed by atoms with E-state index in [1.165, 1.54) is 0 Å². The summed E-state index contributed by atoms with van der Waals surface area (Å²) in [5, 5.41) is 0. The highest BCUT2D eigenvalue weighted by Gasteiger charge is 2.22. The van der Waals surface area contributed by atoms with E-state index in [1.54, 1.807) is 20.8 Å². The highest BCUT2D eigenvalue weighted by molar-refractivity contribution is 5.10. The minimum atomic E-state index is -0.868. The Morgan fingerprint density at radius 3 is 2.00 bits per heavy atom. The Kier molecular flexibility index (Phi) is 1.70. The van der Waals surface area contributed by atoms with Gasteiger partial charge in [0.2, 0.25) is 5.95 Å². The van der Waals surface area contributed by atoms with Crippen LogP contribution in [0.1, 0.15) is 26.5 Å². The van der Waals surface area contributed by atoms with Crippen LogP contribution in [-0.2, 0) is 5.41 Å². The van der Waals surface area contributed by atoms with Gasteiger partial charge in [-0.25, -0.2) is 4.98 Å². The van der Waals surface area contributed by atoms with Crippen LogP contribution in [-0.4, -0.2) is 9.97 Å². The first-order chi connectivity index (χ1) is 4.91. The summed E-state index contributed by atoms with van der Waals surface area (Å²) >= 11 is 0. The summed E-state index contributed by atoms with van der Waals surface area (Å²) in [6.45, 7) is 5.31. The molecule has 0 radical (unpaired) electrons. The van der Waals surface area contributed by atoms with E-state index in [-0.39, 0.29) is 5.69 Å². The van der Waals surface area contributed by atoms with Crippen molar-refractivity contribution in [2.75, 3.05) is 0 Å². The second-order valence-electron chi connectivity index (χ2n) is 3.44. The molecule has 1 heterocycles. The molecular weight excluding hydrogens is 150 g/mol. The first kappa shape index (κ1) is 8.17. The lowest BCUT2D eigenvalue weighted by Crippen LogP contribution is -2.13. The minimum absolute atomic E-state index is 0.134. The number of H-pyrrole nitrogens is 1. The average Bonchev–Trinajstić information content (AvgIpc) is 2.08. The number of aromatic amines is 1. The highest BCUT2D eigenvalue weighted by atomic mass is 19.1. The van der Waals surface area contributed by atoms with Crippen molar-refractivity contribution in [2.45, 2.75) is 26.2 Å². The molecule has 0 aliphatic heterocycles. The molecule has 0 amide bonds. The molecule has 0 saturated carbocycles.